The standard InChI is InChI=1S/C14H24O2/c1-5-7-12(15)14(16-6-2)10-8-13(3,4)9-11-14/h1,12,15H,6-11H2,2-4H3. The lowest BCUT2D eigenvalue weighted by Crippen LogP contribution is -2.49. The molecule has 0 aromatic heterocycles. The van der Waals surface area contributed by atoms with Crippen molar-refractivity contribution in [2.24, 2.45) is 5.41 Å². The van der Waals surface area contributed by atoms with Crippen molar-refractivity contribution in [3.63, 3.8) is 0 Å². The van der Waals surface area contributed by atoms with Gasteiger partial charge >= 0.3 is 0 Å². The highest BCUT2D eigenvalue weighted by Gasteiger charge is 2.43. The third-order valence-corrected chi connectivity index (χ3v) is 3.80. The summed E-state index contributed by atoms with van der Waals surface area (Å²) in [5, 5.41) is 10.2. The van der Waals surface area contributed by atoms with Crippen molar-refractivity contribution in [3.8, 4) is 12.3 Å². The molecule has 0 aliphatic heterocycles. The van der Waals surface area contributed by atoms with E-state index in [9.17, 15) is 5.11 Å². The molecule has 1 saturated carbocycles. The van der Waals surface area contributed by atoms with Gasteiger partial charge in [-0.1, -0.05) is 13.8 Å². The summed E-state index contributed by atoms with van der Waals surface area (Å²) in [6, 6.07) is 0. The SMILES string of the molecule is C#CCC(O)C1(OCC)CCC(C)(C)CC1. The van der Waals surface area contributed by atoms with Crippen LogP contribution in [0.3, 0.4) is 0 Å². The van der Waals surface area contributed by atoms with Crippen LogP contribution in [0.1, 0.15) is 52.9 Å². The first kappa shape index (κ1) is 13.5. The number of hydrogen-bond acceptors (Lipinski definition) is 2. The Kier molecular flexibility index (Phi) is 4.41. The molecular formula is C14H24O2. The maximum atomic E-state index is 10.2. The topological polar surface area (TPSA) is 29.5 Å². The summed E-state index contributed by atoms with van der Waals surface area (Å²) >= 11 is 0. The lowest BCUT2D eigenvalue weighted by Gasteiger charge is -2.45. The van der Waals surface area contributed by atoms with Crippen LogP contribution in [0.15, 0.2) is 0 Å². The van der Waals surface area contributed by atoms with E-state index in [1.807, 2.05) is 6.92 Å². The van der Waals surface area contributed by atoms with Gasteiger partial charge < -0.3 is 9.84 Å². The van der Waals surface area contributed by atoms with E-state index in [-0.39, 0.29) is 0 Å². The highest BCUT2D eigenvalue weighted by atomic mass is 16.5. The van der Waals surface area contributed by atoms with E-state index in [4.69, 9.17) is 11.2 Å². The third-order valence-electron chi connectivity index (χ3n) is 3.80. The third kappa shape index (κ3) is 2.99. The van der Waals surface area contributed by atoms with E-state index >= 15 is 0 Å². The Hall–Kier alpha value is -0.520. The van der Waals surface area contributed by atoms with Gasteiger partial charge in [0.25, 0.3) is 0 Å². The fourth-order valence-electron chi connectivity index (χ4n) is 2.51. The lowest BCUT2D eigenvalue weighted by atomic mass is 9.68. The van der Waals surface area contributed by atoms with Gasteiger partial charge in [0.1, 0.15) is 0 Å². The van der Waals surface area contributed by atoms with Gasteiger partial charge in [-0.15, -0.1) is 12.3 Å². The van der Waals surface area contributed by atoms with Crippen LogP contribution in [0.5, 0.6) is 0 Å². The zero-order valence-electron chi connectivity index (χ0n) is 10.8. The summed E-state index contributed by atoms with van der Waals surface area (Å²) in [4.78, 5) is 0. The van der Waals surface area contributed by atoms with Crippen LogP contribution in [-0.2, 0) is 4.74 Å². The first-order valence-corrected chi connectivity index (χ1v) is 6.21. The highest BCUT2D eigenvalue weighted by molar-refractivity contribution is 5.00. The molecule has 0 spiro atoms. The summed E-state index contributed by atoms with van der Waals surface area (Å²) in [7, 11) is 0. The fraction of sp³-hybridized carbons (Fsp3) is 0.857. The van der Waals surface area contributed by atoms with E-state index in [1.165, 1.54) is 0 Å². The Labute approximate surface area is 99.4 Å². The molecule has 1 unspecified atom stereocenters. The Balaban J connectivity index is 2.72. The molecule has 0 heterocycles. The Morgan fingerprint density at radius 1 is 1.31 bits per heavy atom. The second kappa shape index (κ2) is 5.21. The second-order valence-electron chi connectivity index (χ2n) is 5.59. The molecule has 2 heteroatoms. The Morgan fingerprint density at radius 3 is 2.31 bits per heavy atom. The van der Waals surface area contributed by atoms with Crippen LogP contribution < -0.4 is 0 Å². The van der Waals surface area contributed by atoms with Gasteiger partial charge in [-0.2, -0.15) is 0 Å². The summed E-state index contributed by atoms with van der Waals surface area (Å²) in [6.45, 7) is 7.17. The van der Waals surface area contributed by atoms with Crippen LogP contribution in [0, 0.1) is 17.8 Å². The van der Waals surface area contributed by atoms with Crippen LogP contribution in [0.4, 0.5) is 0 Å². The van der Waals surface area contributed by atoms with Gasteiger partial charge in [0.05, 0.1) is 11.7 Å². The minimum Gasteiger partial charge on any atom is -0.389 e. The van der Waals surface area contributed by atoms with Crippen LogP contribution in [0.2, 0.25) is 0 Å². The van der Waals surface area contributed by atoms with Gasteiger partial charge in [-0.05, 0) is 38.0 Å². The van der Waals surface area contributed by atoms with Crippen molar-refractivity contribution >= 4 is 0 Å². The molecule has 1 aliphatic carbocycles. The van der Waals surface area contributed by atoms with Crippen molar-refractivity contribution in [1.29, 1.82) is 0 Å². The molecule has 0 bridgehead atoms. The Bertz CT molecular complexity index is 252. The molecule has 0 amide bonds. The van der Waals surface area contributed by atoms with Crippen LogP contribution in [-0.4, -0.2) is 23.4 Å². The molecule has 1 aliphatic rings. The molecule has 2 nitrogen and oxygen atoms in total. The zero-order valence-corrected chi connectivity index (χ0v) is 10.8. The molecule has 0 saturated heterocycles. The molecule has 16 heavy (non-hydrogen) atoms. The fourth-order valence-corrected chi connectivity index (χ4v) is 2.51. The van der Waals surface area contributed by atoms with E-state index in [0.29, 0.717) is 18.4 Å². The number of terminal acetylenes is 1. The molecule has 1 atom stereocenters. The van der Waals surface area contributed by atoms with Crippen LogP contribution >= 0.6 is 0 Å². The van der Waals surface area contributed by atoms with Gasteiger partial charge in [0.2, 0.25) is 0 Å². The quantitative estimate of drug-likeness (QED) is 0.744. The summed E-state index contributed by atoms with van der Waals surface area (Å²) in [5.41, 5.74) is -0.0207. The van der Waals surface area contributed by atoms with E-state index < -0.39 is 11.7 Å². The maximum Gasteiger partial charge on any atom is 0.0949 e. The molecular weight excluding hydrogens is 200 g/mol. The summed E-state index contributed by atoms with van der Waals surface area (Å²) in [6.07, 6.45) is 9.16. The molecule has 1 rings (SSSR count). The van der Waals surface area contributed by atoms with Gasteiger partial charge in [0, 0.05) is 13.0 Å². The van der Waals surface area contributed by atoms with Gasteiger partial charge in [-0.3, -0.25) is 0 Å². The molecule has 1 N–H and O–H groups in total. The molecule has 0 radical (unpaired) electrons. The van der Waals surface area contributed by atoms with Crippen molar-refractivity contribution < 1.29 is 9.84 Å². The van der Waals surface area contributed by atoms with Crippen molar-refractivity contribution in [2.45, 2.75) is 64.6 Å². The smallest absolute Gasteiger partial charge is 0.0949 e. The largest absolute Gasteiger partial charge is 0.389 e. The number of ether oxygens (including phenoxy) is 1. The van der Waals surface area contributed by atoms with E-state index in [2.05, 4.69) is 19.8 Å². The molecule has 1 fully saturated rings. The normalized spacial score (nSPS) is 24.7. The maximum absolute atomic E-state index is 10.2. The predicted octanol–water partition coefficient (Wildman–Crippen LogP) is 2.75. The van der Waals surface area contributed by atoms with Crippen molar-refractivity contribution in [3.05, 3.63) is 0 Å². The zero-order chi connectivity index (χ0) is 12.2. The Morgan fingerprint density at radius 2 is 1.88 bits per heavy atom. The minimum absolute atomic E-state index is 0.371. The van der Waals surface area contributed by atoms with E-state index in [1.54, 1.807) is 0 Å². The van der Waals surface area contributed by atoms with Crippen molar-refractivity contribution in [2.75, 3.05) is 6.61 Å². The second-order valence-corrected chi connectivity index (χ2v) is 5.59. The number of hydrogen-bond donors (Lipinski definition) is 1. The first-order valence-electron chi connectivity index (χ1n) is 6.21. The number of aliphatic hydroxyl groups excluding tert-OH is 1. The van der Waals surface area contributed by atoms with Crippen molar-refractivity contribution in [1.82, 2.24) is 0 Å². The predicted molar refractivity (Wildman–Crippen MR) is 66.1 cm³/mol. The van der Waals surface area contributed by atoms with Gasteiger partial charge in [-0.25, -0.2) is 0 Å². The number of rotatable bonds is 4. The highest BCUT2D eigenvalue weighted by Crippen LogP contribution is 2.44. The minimum atomic E-state index is -0.520. The summed E-state index contributed by atoms with van der Waals surface area (Å²) in [5.74, 6) is 2.54. The lowest BCUT2D eigenvalue weighted by molar-refractivity contribution is -0.149. The first-order chi connectivity index (χ1) is 7.46. The van der Waals surface area contributed by atoms with E-state index in [0.717, 1.165) is 25.7 Å². The number of aliphatic hydroxyl groups is 1. The average Bonchev–Trinajstić information content (AvgIpc) is 2.22. The molecule has 0 aromatic rings. The van der Waals surface area contributed by atoms with Crippen LogP contribution in [0.25, 0.3) is 0 Å². The monoisotopic (exact) mass is 224 g/mol. The van der Waals surface area contributed by atoms with Gasteiger partial charge in [0.15, 0.2) is 0 Å². The molecule has 0 aromatic carbocycles. The average molecular weight is 224 g/mol. The summed E-state index contributed by atoms with van der Waals surface area (Å²) < 4.78 is 5.83. The molecule has 92 valence electrons.